The fraction of sp³-hybridized carbons (Fsp3) is 0.545. The lowest BCUT2D eigenvalue weighted by Gasteiger charge is -2.39. The largest absolute Gasteiger partial charge is 0.370 e. The van der Waals surface area contributed by atoms with Gasteiger partial charge in [0.25, 0.3) is 0 Å². The molecular formula is C11H13FN2O. The average molecular weight is 208 g/mol. The number of hydrogen-bond acceptors (Lipinski definition) is 3. The van der Waals surface area contributed by atoms with Gasteiger partial charge >= 0.3 is 0 Å². The smallest absolute Gasteiger partial charge is 0.148 e. The highest BCUT2D eigenvalue weighted by Gasteiger charge is 2.52. The zero-order valence-corrected chi connectivity index (χ0v) is 8.40. The second-order valence-corrected chi connectivity index (χ2v) is 4.22. The van der Waals surface area contributed by atoms with E-state index in [0.29, 0.717) is 19.7 Å². The van der Waals surface area contributed by atoms with Crippen molar-refractivity contribution in [2.75, 3.05) is 24.6 Å². The van der Waals surface area contributed by atoms with E-state index in [2.05, 4.69) is 4.98 Å². The average Bonchev–Trinajstić information content (AvgIpc) is 2.57. The topological polar surface area (TPSA) is 25.4 Å². The summed E-state index contributed by atoms with van der Waals surface area (Å²) >= 11 is 0. The Kier molecular flexibility index (Phi) is 1.92. The normalized spacial score (nSPS) is 34.5. The predicted octanol–water partition coefficient (Wildman–Crippen LogP) is 1.40. The molecule has 0 aliphatic carbocycles. The molecule has 4 heteroatoms. The first-order chi connectivity index (χ1) is 7.30. The van der Waals surface area contributed by atoms with Gasteiger partial charge < -0.3 is 9.64 Å². The number of alkyl halides is 1. The molecule has 0 radical (unpaired) electrons. The van der Waals surface area contributed by atoms with Crippen molar-refractivity contribution in [3.63, 3.8) is 0 Å². The van der Waals surface area contributed by atoms with E-state index in [4.69, 9.17) is 4.74 Å². The summed E-state index contributed by atoms with van der Waals surface area (Å²) in [5.41, 5.74) is 0.517. The maximum atomic E-state index is 13.8. The van der Waals surface area contributed by atoms with Crippen molar-refractivity contribution in [1.82, 2.24) is 4.98 Å². The molecule has 1 aromatic rings. The summed E-state index contributed by atoms with van der Waals surface area (Å²) in [6.45, 7) is 1.80. The second-order valence-electron chi connectivity index (χ2n) is 4.22. The lowest BCUT2D eigenvalue weighted by atomic mass is 9.92. The Morgan fingerprint density at radius 2 is 2.20 bits per heavy atom. The first-order valence-corrected chi connectivity index (χ1v) is 5.23. The van der Waals surface area contributed by atoms with Gasteiger partial charge in [0, 0.05) is 24.5 Å². The first kappa shape index (κ1) is 9.09. The molecule has 0 bridgehead atoms. The molecule has 15 heavy (non-hydrogen) atoms. The molecule has 2 aliphatic rings. The van der Waals surface area contributed by atoms with E-state index in [-0.39, 0.29) is 0 Å². The van der Waals surface area contributed by atoms with Gasteiger partial charge in [0.2, 0.25) is 0 Å². The monoisotopic (exact) mass is 208 g/mol. The Morgan fingerprint density at radius 1 is 1.47 bits per heavy atom. The number of halogens is 1. The van der Waals surface area contributed by atoms with Gasteiger partial charge in [-0.15, -0.1) is 0 Å². The number of ether oxygens (including phenoxy) is 1. The number of rotatable bonds is 1. The van der Waals surface area contributed by atoms with E-state index in [1.54, 1.807) is 12.4 Å². The summed E-state index contributed by atoms with van der Waals surface area (Å²) in [4.78, 5) is 5.99. The highest BCUT2D eigenvalue weighted by atomic mass is 19.1. The van der Waals surface area contributed by atoms with Crippen LogP contribution in [0.4, 0.5) is 10.1 Å². The van der Waals surface area contributed by atoms with Crippen molar-refractivity contribution in [3.05, 3.63) is 24.5 Å². The molecule has 2 aliphatic heterocycles. The summed E-state index contributed by atoms with van der Waals surface area (Å²) in [7, 11) is 0. The van der Waals surface area contributed by atoms with Crippen molar-refractivity contribution in [2.24, 2.45) is 0 Å². The van der Waals surface area contributed by atoms with Crippen LogP contribution in [0.3, 0.4) is 0 Å². The molecule has 2 saturated heterocycles. The molecular weight excluding hydrogens is 195 g/mol. The molecule has 3 heterocycles. The van der Waals surface area contributed by atoms with E-state index in [0.717, 1.165) is 12.1 Å². The van der Waals surface area contributed by atoms with Gasteiger partial charge in [-0.05, 0) is 12.1 Å². The third kappa shape index (κ3) is 1.32. The third-order valence-electron chi connectivity index (χ3n) is 3.35. The SMILES string of the molecule is FC1CN(c2ccncc2)CC12CCO2. The molecule has 2 fully saturated rings. The molecule has 1 aromatic heterocycles. The van der Waals surface area contributed by atoms with Crippen LogP contribution in [-0.2, 0) is 4.74 Å². The van der Waals surface area contributed by atoms with Crippen molar-refractivity contribution >= 4 is 5.69 Å². The highest BCUT2D eigenvalue weighted by Crippen LogP contribution is 2.39. The molecule has 0 aromatic carbocycles. The van der Waals surface area contributed by atoms with Crippen LogP contribution in [0.15, 0.2) is 24.5 Å². The number of hydrogen-bond donors (Lipinski definition) is 0. The van der Waals surface area contributed by atoms with Gasteiger partial charge in [-0.25, -0.2) is 4.39 Å². The molecule has 0 saturated carbocycles. The Balaban J connectivity index is 1.81. The Morgan fingerprint density at radius 3 is 2.73 bits per heavy atom. The summed E-state index contributed by atoms with van der Waals surface area (Å²) in [5, 5.41) is 0. The van der Waals surface area contributed by atoms with Crippen molar-refractivity contribution in [1.29, 1.82) is 0 Å². The van der Waals surface area contributed by atoms with Crippen LogP contribution in [0.5, 0.6) is 0 Å². The number of anilines is 1. The fourth-order valence-electron chi connectivity index (χ4n) is 2.33. The zero-order chi connectivity index (χ0) is 10.3. The molecule has 3 rings (SSSR count). The van der Waals surface area contributed by atoms with Crippen LogP contribution < -0.4 is 4.90 Å². The molecule has 2 atom stereocenters. The van der Waals surface area contributed by atoms with Crippen molar-refractivity contribution in [3.8, 4) is 0 Å². The lowest BCUT2D eigenvalue weighted by molar-refractivity contribution is -0.162. The minimum absolute atomic E-state index is 0.435. The molecule has 3 nitrogen and oxygen atoms in total. The molecule has 1 spiro atoms. The predicted molar refractivity (Wildman–Crippen MR) is 54.6 cm³/mol. The van der Waals surface area contributed by atoms with Crippen molar-refractivity contribution in [2.45, 2.75) is 18.2 Å². The van der Waals surface area contributed by atoms with Gasteiger partial charge in [0.1, 0.15) is 11.8 Å². The summed E-state index contributed by atoms with van der Waals surface area (Å²) in [6.07, 6.45) is 3.44. The summed E-state index contributed by atoms with van der Waals surface area (Å²) in [5.74, 6) is 0. The summed E-state index contributed by atoms with van der Waals surface area (Å²) < 4.78 is 19.2. The Hall–Kier alpha value is -1.16. The number of pyridine rings is 1. The van der Waals surface area contributed by atoms with E-state index in [1.165, 1.54) is 0 Å². The quantitative estimate of drug-likeness (QED) is 0.697. The van der Waals surface area contributed by atoms with Crippen LogP contribution in [0.2, 0.25) is 0 Å². The fourth-order valence-corrected chi connectivity index (χ4v) is 2.33. The van der Waals surface area contributed by atoms with Crippen molar-refractivity contribution < 1.29 is 9.13 Å². The minimum atomic E-state index is -0.862. The van der Waals surface area contributed by atoms with Gasteiger partial charge in [0.05, 0.1) is 19.7 Å². The van der Waals surface area contributed by atoms with Gasteiger partial charge in [-0.2, -0.15) is 0 Å². The second kappa shape index (κ2) is 3.17. The van der Waals surface area contributed by atoms with Gasteiger partial charge in [-0.3, -0.25) is 4.98 Å². The molecule has 2 unspecified atom stereocenters. The number of aromatic nitrogens is 1. The highest BCUT2D eigenvalue weighted by molar-refractivity contribution is 5.47. The molecule has 0 N–H and O–H groups in total. The lowest BCUT2D eigenvalue weighted by Crippen LogP contribution is -2.51. The standard InChI is InChI=1S/C11H13FN2O/c12-10-7-14(8-11(10)3-6-15-11)9-1-4-13-5-2-9/h1-2,4-5,10H,3,6-8H2. The van der Waals surface area contributed by atoms with Crippen LogP contribution >= 0.6 is 0 Å². The minimum Gasteiger partial charge on any atom is -0.370 e. The van der Waals surface area contributed by atoms with E-state index < -0.39 is 11.8 Å². The maximum Gasteiger partial charge on any atom is 0.148 e. The Bertz CT molecular complexity index is 353. The van der Waals surface area contributed by atoms with Crippen LogP contribution in [0.1, 0.15) is 6.42 Å². The van der Waals surface area contributed by atoms with E-state index in [9.17, 15) is 4.39 Å². The van der Waals surface area contributed by atoms with Crippen LogP contribution in [-0.4, -0.2) is 36.5 Å². The van der Waals surface area contributed by atoms with Gasteiger partial charge in [0.15, 0.2) is 0 Å². The summed E-state index contributed by atoms with van der Waals surface area (Å²) in [6, 6.07) is 3.81. The van der Waals surface area contributed by atoms with Gasteiger partial charge in [-0.1, -0.05) is 0 Å². The van der Waals surface area contributed by atoms with Crippen LogP contribution in [0, 0.1) is 0 Å². The first-order valence-electron chi connectivity index (χ1n) is 5.23. The number of nitrogens with zero attached hydrogens (tertiary/aromatic N) is 2. The molecule has 0 amide bonds. The van der Waals surface area contributed by atoms with E-state index >= 15 is 0 Å². The molecule has 80 valence electrons. The maximum absolute atomic E-state index is 13.8. The Labute approximate surface area is 87.9 Å². The zero-order valence-electron chi connectivity index (χ0n) is 8.40. The van der Waals surface area contributed by atoms with Crippen LogP contribution in [0.25, 0.3) is 0 Å². The third-order valence-corrected chi connectivity index (χ3v) is 3.35. The van der Waals surface area contributed by atoms with E-state index in [1.807, 2.05) is 17.0 Å².